The molecule has 2 heterocycles. The summed E-state index contributed by atoms with van der Waals surface area (Å²) in [6, 6.07) is 19.2. The first-order valence-electron chi connectivity index (χ1n) is 9.53. The number of carbonyl (C=O) groups is 1. The first-order valence-corrected chi connectivity index (χ1v) is 9.53. The Hall–Kier alpha value is -2.91. The molecule has 0 radical (unpaired) electrons. The van der Waals surface area contributed by atoms with E-state index in [2.05, 4.69) is 0 Å². The molecule has 1 saturated heterocycles. The van der Waals surface area contributed by atoms with E-state index in [0.717, 1.165) is 11.1 Å². The van der Waals surface area contributed by atoms with Gasteiger partial charge in [-0.25, -0.2) is 4.79 Å². The third-order valence-corrected chi connectivity index (χ3v) is 4.75. The van der Waals surface area contributed by atoms with E-state index in [1.165, 1.54) is 0 Å². The smallest absolute Gasteiger partial charge is 0.377 e. The zero-order valence-electron chi connectivity index (χ0n) is 16.0. The van der Waals surface area contributed by atoms with E-state index in [0.29, 0.717) is 0 Å². The van der Waals surface area contributed by atoms with Crippen LogP contribution in [0, 0.1) is 0 Å². The second-order valence-electron chi connectivity index (χ2n) is 6.90. The molecule has 2 N–H and O–H groups in total. The molecule has 30 heavy (non-hydrogen) atoms. The molecule has 2 aliphatic heterocycles. The van der Waals surface area contributed by atoms with Crippen LogP contribution in [0.15, 0.2) is 72.2 Å². The van der Waals surface area contributed by atoms with E-state index in [9.17, 15) is 15.0 Å². The molecule has 0 bridgehead atoms. The van der Waals surface area contributed by atoms with Gasteiger partial charge in [-0.15, -0.1) is 0 Å². The van der Waals surface area contributed by atoms with Gasteiger partial charge in [-0.3, -0.25) is 0 Å². The highest BCUT2D eigenvalue weighted by Crippen LogP contribution is 2.29. The van der Waals surface area contributed by atoms with Gasteiger partial charge in [-0.05, 0) is 11.1 Å². The maximum atomic E-state index is 11.4. The highest BCUT2D eigenvalue weighted by molar-refractivity contribution is 5.89. The molecule has 2 unspecified atom stereocenters. The van der Waals surface area contributed by atoms with Crippen LogP contribution < -0.4 is 0 Å². The topological polar surface area (TPSA) is 104 Å². The molecule has 2 aromatic rings. The number of carbonyl (C=O) groups excluding carboxylic acids is 1. The summed E-state index contributed by atoms with van der Waals surface area (Å²) in [5, 5.41) is 19.4. The fourth-order valence-corrected chi connectivity index (χ4v) is 3.17. The molecule has 8 nitrogen and oxygen atoms in total. The number of benzene rings is 2. The summed E-state index contributed by atoms with van der Waals surface area (Å²) in [7, 11) is 0. The number of aliphatic hydroxyl groups excluding tert-OH is 2. The normalized spacial score (nSPS) is 23.9. The van der Waals surface area contributed by atoms with Gasteiger partial charge in [0.05, 0.1) is 19.8 Å². The van der Waals surface area contributed by atoms with Gasteiger partial charge in [0, 0.05) is 0 Å². The maximum absolute atomic E-state index is 11.4. The predicted molar refractivity (Wildman–Crippen MR) is 103 cm³/mol. The highest BCUT2D eigenvalue weighted by atomic mass is 16.8. The molecule has 1 fully saturated rings. The first kappa shape index (κ1) is 20.4. The number of cyclic esters (lactones) is 1. The summed E-state index contributed by atoms with van der Waals surface area (Å²) < 4.78 is 28.2. The summed E-state index contributed by atoms with van der Waals surface area (Å²) in [6.45, 7) is 0.580. The van der Waals surface area contributed by atoms with E-state index in [4.69, 9.17) is 23.7 Å². The van der Waals surface area contributed by atoms with Crippen LogP contribution in [-0.4, -0.2) is 47.6 Å². The molecule has 0 amide bonds. The summed E-state index contributed by atoms with van der Waals surface area (Å²) in [6.07, 6.45) is -3.71. The van der Waals surface area contributed by atoms with E-state index >= 15 is 0 Å². The molecular weight excluding hydrogens is 392 g/mol. The standard InChI is InChI=1S/C22H22O8/c23-17-18(24)20(25)30-19(17)16-13-28-22(29-16)21(26-11-14-7-3-1-4-8-14)27-12-15-9-5-2-6-10-15/h1-10,16,19,21-24H,11-13H2/t16-,19?,22?/m0/s1. The van der Waals surface area contributed by atoms with Crippen LogP contribution in [0.3, 0.4) is 0 Å². The lowest BCUT2D eigenvalue weighted by Gasteiger charge is -2.24. The van der Waals surface area contributed by atoms with Crippen LogP contribution in [-0.2, 0) is 41.7 Å². The number of esters is 1. The van der Waals surface area contributed by atoms with Gasteiger partial charge >= 0.3 is 5.97 Å². The summed E-state index contributed by atoms with van der Waals surface area (Å²) in [4.78, 5) is 11.4. The summed E-state index contributed by atoms with van der Waals surface area (Å²) in [5.41, 5.74) is 1.91. The van der Waals surface area contributed by atoms with Crippen molar-refractivity contribution in [1.82, 2.24) is 0 Å². The van der Waals surface area contributed by atoms with Crippen molar-refractivity contribution in [2.45, 2.75) is 38.0 Å². The molecule has 0 saturated carbocycles. The average Bonchev–Trinajstić information content (AvgIpc) is 3.36. The summed E-state index contributed by atoms with van der Waals surface area (Å²) in [5.74, 6) is -2.38. The van der Waals surface area contributed by atoms with Crippen LogP contribution in [0.25, 0.3) is 0 Å². The lowest BCUT2D eigenvalue weighted by atomic mass is 10.2. The minimum absolute atomic E-state index is 0.0276. The third-order valence-electron chi connectivity index (χ3n) is 4.75. The van der Waals surface area contributed by atoms with Crippen LogP contribution in [0.4, 0.5) is 0 Å². The van der Waals surface area contributed by atoms with Crippen molar-refractivity contribution < 1.29 is 38.7 Å². The van der Waals surface area contributed by atoms with Gasteiger partial charge in [-0.2, -0.15) is 0 Å². The molecule has 0 aromatic heterocycles. The monoisotopic (exact) mass is 414 g/mol. The molecule has 4 rings (SSSR count). The zero-order chi connectivity index (χ0) is 20.9. The minimum atomic E-state index is -1.13. The Morgan fingerprint density at radius 1 is 0.933 bits per heavy atom. The van der Waals surface area contributed by atoms with E-state index in [1.807, 2.05) is 60.7 Å². The number of aliphatic hydroxyl groups is 2. The predicted octanol–water partition coefficient (Wildman–Crippen LogP) is 2.74. The molecule has 158 valence electrons. The van der Waals surface area contributed by atoms with Gasteiger partial charge in [0.1, 0.15) is 6.10 Å². The Morgan fingerprint density at radius 2 is 1.50 bits per heavy atom. The fourth-order valence-electron chi connectivity index (χ4n) is 3.17. The SMILES string of the molecule is O=C1OC([C@@H]2COC(C(OCc3ccccc3)OCc3ccccc3)O2)C(O)=C1O. The van der Waals surface area contributed by atoms with Crippen LogP contribution in [0.2, 0.25) is 0 Å². The Bertz CT molecular complexity index is 839. The molecule has 8 heteroatoms. The van der Waals surface area contributed by atoms with E-state index < -0.39 is 42.3 Å². The Morgan fingerprint density at radius 3 is 2.00 bits per heavy atom. The van der Waals surface area contributed by atoms with Gasteiger partial charge in [0.25, 0.3) is 0 Å². The van der Waals surface area contributed by atoms with Crippen LogP contribution >= 0.6 is 0 Å². The molecular formula is C22H22O8. The minimum Gasteiger partial charge on any atom is -0.505 e. The maximum Gasteiger partial charge on any atom is 0.377 e. The number of hydrogen-bond donors (Lipinski definition) is 2. The number of ether oxygens (including phenoxy) is 5. The largest absolute Gasteiger partial charge is 0.505 e. The molecule has 2 aliphatic rings. The third kappa shape index (κ3) is 4.63. The van der Waals surface area contributed by atoms with Crippen molar-refractivity contribution in [3.05, 3.63) is 83.3 Å². The quantitative estimate of drug-likeness (QED) is 0.502. The Balaban J connectivity index is 1.41. The highest BCUT2D eigenvalue weighted by Gasteiger charge is 2.46. The fraction of sp³-hybridized carbons (Fsp3) is 0.318. The van der Waals surface area contributed by atoms with Gasteiger partial charge in [0.2, 0.25) is 18.3 Å². The Labute approximate surface area is 173 Å². The van der Waals surface area contributed by atoms with Crippen molar-refractivity contribution in [3.63, 3.8) is 0 Å². The number of rotatable bonds is 8. The summed E-state index contributed by atoms with van der Waals surface area (Å²) >= 11 is 0. The van der Waals surface area contributed by atoms with E-state index in [-0.39, 0.29) is 19.8 Å². The van der Waals surface area contributed by atoms with Gasteiger partial charge in [-0.1, -0.05) is 60.7 Å². The lowest BCUT2D eigenvalue weighted by Crippen LogP contribution is -2.36. The zero-order valence-corrected chi connectivity index (χ0v) is 16.0. The number of hydrogen-bond acceptors (Lipinski definition) is 8. The Kier molecular flexibility index (Phi) is 6.29. The second-order valence-corrected chi connectivity index (χ2v) is 6.90. The molecule has 0 aliphatic carbocycles. The first-order chi connectivity index (χ1) is 14.6. The van der Waals surface area contributed by atoms with Crippen molar-refractivity contribution in [2.75, 3.05) is 6.61 Å². The average molecular weight is 414 g/mol. The van der Waals surface area contributed by atoms with Crippen LogP contribution in [0.1, 0.15) is 11.1 Å². The van der Waals surface area contributed by atoms with Gasteiger partial charge < -0.3 is 33.9 Å². The molecule has 0 spiro atoms. The van der Waals surface area contributed by atoms with Gasteiger partial charge in [0.15, 0.2) is 11.9 Å². The van der Waals surface area contributed by atoms with Crippen LogP contribution in [0.5, 0.6) is 0 Å². The van der Waals surface area contributed by atoms with Crippen molar-refractivity contribution in [2.24, 2.45) is 0 Å². The van der Waals surface area contributed by atoms with Crippen molar-refractivity contribution in [1.29, 1.82) is 0 Å². The molecule has 2 aromatic carbocycles. The van der Waals surface area contributed by atoms with Crippen molar-refractivity contribution in [3.8, 4) is 0 Å². The van der Waals surface area contributed by atoms with E-state index in [1.54, 1.807) is 0 Å². The second kappa shape index (κ2) is 9.27. The lowest BCUT2D eigenvalue weighted by molar-refractivity contribution is -0.265. The molecule has 3 atom stereocenters. The van der Waals surface area contributed by atoms with Crippen molar-refractivity contribution >= 4 is 5.97 Å².